The Hall–Kier alpha value is -2.52. The number of carbonyl (C=O) groups is 1. The molecule has 0 amide bonds. The van der Waals surface area contributed by atoms with Crippen molar-refractivity contribution in [1.82, 2.24) is 0 Å². The number of benzene rings is 3. The number of hydrogen-bond acceptors (Lipinski definition) is 2. The zero-order valence-corrected chi connectivity index (χ0v) is 13.8. The molecule has 0 unspecified atom stereocenters. The maximum absolute atomic E-state index is 11.3. The molecule has 1 aliphatic carbocycles. The Balaban J connectivity index is 2.04. The van der Waals surface area contributed by atoms with Crippen molar-refractivity contribution in [3.63, 3.8) is 0 Å². The lowest BCUT2D eigenvalue weighted by atomic mass is 9.88. The highest BCUT2D eigenvalue weighted by Crippen LogP contribution is 2.58. The molecule has 0 spiro atoms. The number of hydrogen-bond donors (Lipinski definition) is 1. The Morgan fingerprint density at radius 1 is 0.792 bits per heavy atom. The fraction of sp³-hybridized carbons (Fsp3) is 0.0952. The van der Waals surface area contributed by atoms with Crippen molar-refractivity contribution >= 4 is 17.7 Å². The first kappa shape index (κ1) is 15.0. The summed E-state index contributed by atoms with van der Waals surface area (Å²) in [4.78, 5) is 11.3. The minimum absolute atomic E-state index is 0.0531. The molecule has 0 saturated carbocycles. The number of carboxylic acid groups (broad SMARTS) is 1. The van der Waals surface area contributed by atoms with Crippen LogP contribution in [0.1, 0.15) is 16.7 Å². The van der Waals surface area contributed by atoms with Crippen molar-refractivity contribution in [2.45, 2.75) is 4.75 Å². The average Bonchev–Trinajstić information content (AvgIpc) is 2.92. The second kappa shape index (κ2) is 5.84. The molecule has 1 N–H and O–H groups in total. The van der Waals surface area contributed by atoms with Crippen LogP contribution in [0.3, 0.4) is 0 Å². The van der Waals surface area contributed by atoms with E-state index in [9.17, 15) is 9.90 Å². The van der Waals surface area contributed by atoms with Gasteiger partial charge in [0.15, 0.2) is 0 Å². The second-order valence-corrected chi connectivity index (χ2v) is 7.01. The molecule has 0 aromatic heterocycles. The molecule has 0 saturated heterocycles. The van der Waals surface area contributed by atoms with Crippen molar-refractivity contribution in [1.29, 1.82) is 0 Å². The molecule has 3 aromatic carbocycles. The zero-order chi connectivity index (χ0) is 16.6. The van der Waals surface area contributed by atoms with Crippen LogP contribution in [0.25, 0.3) is 11.1 Å². The summed E-state index contributed by atoms with van der Waals surface area (Å²) >= 11 is 1.48. The summed E-state index contributed by atoms with van der Waals surface area (Å²) in [6.07, 6.45) is 0. The third-order valence-corrected chi connectivity index (χ3v) is 6.00. The quantitative estimate of drug-likeness (QED) is 0.747. The lowest BCUT2D eigenvalue weighted by Crippen LogP contribution is -2.24. The lowest BCUT2D eigenvalue weighted by molar-refractivity contribution is -0.133. The van der Waals surface area contributed by atoms with E-state index in [0.717, 1.165) is 5.56 Å². The second-order valence-electron chi connectivity index (χ2n) is 5.82. The first-order valence-corrected chi connectivity index (χ1v) is 8.83. The van der Waals surface area contributed by atoms with Gasteiger partial charge in [-0.05, 0) is 27.8 Å². The molecule has 3 aromatic rings. The van der Waals surface area contributed by atoms with Crippen LogP contribution in [0, 0.1) is 0 Å². The maximum atomic E-state index is 11.3. The Morgan fingerprint density at radius 3 is 1.83 bits per heavy atom. The summed E-state index contributed by atoms with van der Waals surface area (Å²) in [7, 11) is 0. The average molecular weight is 332 g/mol. The molecule has 4 rings (SSSR count). The Bertz CT molecular complexity index is 857. The van der Waals surface area contributed by atoms with Crippen LogP contribution in [0.4, 0.5) is 0 Å². The van der Waals surface area contributed by atoms with Gasteiger partial charge in [-0.2, -0.15) is 0 Å². The van der Waals surface area contributed by atoms with Crippen LogP contribution in [0.15, 0.2) is 78.9 Å². The van der Waals surface area contributed by atoms with Gasteiger partial charge in [0.2, 0.25) is 0 Å². The molecule has 0 radical (unpaired) electrons. The Morgan fingerprint density at radius 2 is 1.29 bits per heavy atom. The van der Waals surface area contributed by atoms with Crippen LogP contribution >= 0.6 is 11.8 Å². The molecule has 0 heterocycles. The number of fused-ring (bicyclic) bond motifs is 3. The van der Waals surface area contributed by atoms with Crippen LogP contribution < -0.4 is 0 Å². The van der Waals surface area contributed by atoms with Crippen molar-refractivity contribution in [3.05, 3.63) is 95.6 Å². The van der Waals surface area contributed by atoms with Crippen LogP contribution in [0.5, 0.6) is 0 Å². The smallest absolute Gasteiger partial charge is 0.313 e. The van der Waals surface area contributed by atoms with E-state index in [1.54, 1.807) is 0 Å². The van der Waals surface area contributed by atoms with Crippen molar-refractivity contribution < 1.29 is 9.90 Å². The van der Waals surface area contributed by atoms with E-state index in [2.05, 4.69) is 36.4 Å². The van der Waals surface area contributed by atoms with E-state index in [0.29, 0.717) is 0 Å². The number of carboxylic acids is 1. The van der Waals surface area contributed by atoms with E-state index >= 15 is 0 Å². The molecular weight excluding hydrogens is 316 g/mol. The Labute approximate surface area is 145 Å². The molecule has 0 aliphatic heterocycles. The third kappa shape index (κ3) is 2.16. The summed E-state index contributed by atoms with van der Waals surface area (Å²) < 4.78 is -0.479. The predicted molar refractivity (Wildman–Crippen MR) is 98.3 cm³/mol. The van der Waals surface area contributed by atoms with Gasteiger partial charge < -0.3 is 5.11 Å². The van der Waals surface area contributed by atoms with Gasteiger partial charge in [-0.1, -0.05) is 78.9 Å². The van der Waals surface area contributed by atoms with Gasteiger partial charge in [-0.3, -0.25) is 4.79 Å². The third-order valence-electron chi connectivity index (χ3n) is 4.50. The van der Waals surface area contributed by atoms with Crippen molar-refractivity contribution in [2.75, 3.05) is 5.75 Å². The van der Waals surface area contributed by atoms with Gasteiger partial charge in [-0.25, -0.2) is 0 Å². The van der Waals surface area contributed by atoms with E-state index in [1.165, 1.54) is 34.0 Å². The van der Waals surface area contributed by atoms with Crippen molar-refractivity contribution in [3.8, 4) is 11.1 Å². The predicted octanol–water partition coefficient (Wildman–Crippen LogP) is 4.78. The summed E-state index contributed by atoms with van der Waals surface area (Å²) in [5, 5.41) is 9.31. The minimum atomic E-state index is -0.794. The lowest BCUT2D eigenvalue weighted by Gasteiger charge is -2.31. The minimum Gasteiger partial charge on any atom is -0.481 e. The number of rotatable bonds is 4. The molecule has 0 bridgehead atoms. The highest BCUT2D eigenvalue weighted by atomic mass is 32.2. The van der Waals surface area contributed by atoms with Gasteiger partial charge in [-0.15, -0.1) is 11.8 Å². The fourth-order valence-corrected chi connectivity index (χ4v) is 4.90. The van der Waals surface area contributed by atoms with Crippen LogP contribution in [-0.4, -0.2) is 16.8 Å². The molecule has 2 nitrogen and oxygen atoms in total. The van der Waals surface area contributed by atoms with Gasteiger partial charge >= 0.3 is 5.97 Å². The number of thioether (sulfide) groups is 1. The normalized spacial score (nSPS) is 14.0. The van der Waals surface area contributed by atoms with E-state index in [1.807, 2.05) is 42.5 Å². The molecule has 118 valence electrons. The first-order chi connectivity index (χ1) is 11.7. The summed E-state index contributed by atoms with van der Waals surface area (Å²) in [5.74, 6) is -0.741. The molecular formula is C21H16O2S. The molecule has 1 aliphatic rings. The number of aliphatic carboxylic acids is 1. The molecule has 3 heteroatoms. The van der Waals surface area contributed by atoms with Gasteiger partial charge in [0.05, 0.1) is 10.5 Å². The molecule has 24 heavy (non-hydrogen) atoms. The van der Waals surface area contributed by atoms with Gasteiger partial charge in [0.25, 0.3) is 0 Å². The van der Waals surface area contributed by atoms with E-state index < -0.39 is 10.7 Å². The monoisotopic (exact) mass is 332 g/mol. The van der Waals surface area contributed by atoms with E-state index in [-0.39, 0.29) is 5.75 Å². The van der Waals surface area contributed by atoms with Gasteiger partial charge in [0, 0.05) is 0 Å². The van der Waals surface area contributed by atoms with Gasteiger partial charge in [0.1, 0.15) is 0 Å². The topological polar surface area (TPSA) is 37.3 Å². The SMILES string of the molecule is O=C(O)CSC1(c2ccccc2)c2ccccc2-c2ccccc21. The van der Waals surface area contributed by atoms with Crippen molar-refractivity contribution in [2.24, 2.45) is 0 Å². The summed E-state index contributed by atoms with van der Waals surface area (Å²) in [6.45, 7) is 0. The molecule has 0 fully saturated rings. The molecule has 0 atom stereocenters. The van der Waals surface area contributed by atoms with Crippen LogP contribution in [0.2, 0.25) is 0 Å². The Kier molecular flexibility index (Phi) is 3.66. The van der Waals surface area contributed by atoms with E-state index in [4.69, 9.17) is 0 Å². The zero-order valence-electron chi connectivity index (χ0n) is 13.0. The largest absolute Gasteiger partial charge is 0.481 e. The van der Waals surface area contributed by atoms with Crippen LogP contribution in [-0.2, 0) is 9.54 Å². The first-order valence-electron chi connectivity index (χ1n) is 7.84. The summed E-state index contributed by atoms with van der Waals surface area (Å²) in [5.41, 5.74) is 5.84. The standard InChI is InChI=1S/C21H16O2S/c22-20(23)14-24-21(15-8-2-1-3-9-15)18-12-6-4-10-16(18)17-11-5-7-13-19(17)21/h1-13H,14H2,(H,22,23). The maximum Gasteiger partial charge on any atom is 0.313 e. The fourth-order valence-electron chi connectivity index (χ4n) is 3.59. The highest BCUT2D eigenvalue weighted by molar-refractivity contribution is 8.01. The summed E-state index contributed by atoms with van der Waals surface area (Å²) in [6, 6.07) is 26.8. The highest BCUT2D eigenvalue weighted by Gasteiger charge is 2.45.